The van der Waals surface area contributed by atoms with Gasteiger partial charge in [-0.15, -0.1) is 0 Å². The van der Waals surface area contributed by atoms with Crippen LogP contribution < -0.4 is 10.6 Å². The van der Waals surface area contributed by atoms with E-state index in [4.69, 9.17) is 15.2 Å². The van der Waals surface area contributed by atoms with Crippen molar-refractivity contribution < 1.29 is 19.1 Å². The van der Waals surface area contributed by atoms with Crippen molar-refractivity contribution in [2.24, 2.45) is 0 Å². The summed E-state index contributed by atoms with van der Waals surface area (Å²) >= 11 is 0. The third-order valence-electron chi connectivity index (χ3n) is 4.29. The van der Waals surface area contributed by atoms with E-state index in [0.29, 0.717) is 19.6 Å². The fourth-order valence-electron chi connectivity index (χ4n) is 3.39. The number of hydrogen-bond donors (Lipinski definition) is 1. The smallest absolute Gasteiger partial charge is 0.326 e. The van der Waals surface area contributed by atoms with E-state index < -0.39 is 5.60 Å². The third kappa shape index (κ3) is 5.38. The van der Waals surface area contributed by atoms with Gasteiger partial charge in [-0.3, -0.25) is 9.59 Å². The van der Waals surface area contributed by atoms with Crippen LogP contribution in [0.5, 0.6) is 0 Å². The number of carbonyl (C=O) groups is 2. The average Bonchev–Trinajstić information content (AvgIpc) is 2.85. The summed E-state index contributed by atoms with van der Waals surface area (Å²) in [7, 11) is 0. The first-order valence-corrected chi connectivity index (χ1v) is 9.22. The van der Waals surface area contributed by atoms with Crippen LogP contribution in [0.2, 0.25) is 0 Å². The first-order valence-electron chi connectivity index (χ1n) is 9.22. The molecule has 1 heterocycles. The maximum atomic E-state index is 12.2. The van der Waals surface area contributed by atoms with Crippen molar-refractivity contribution in [1.82, 2.24) is 0 Å². The van der Waals surface area contributed by atoms with E-state index in [1.807, 2.05) is 43.9 Å². The average molecular weight is 362 g/mol. The van der Waals surface area contributed by atoms with Crippen LogP contribution in [0, 0.1) is 0 Å². The molecule has 2 rings (SSSR count). The fourth-order valence-corrected chi connectivity index (χ4v) is 3.39. The molecule has 6 nitrogen and oxygen atoms in total. The molecule has 0 spiro atoms. The van der Waals surface area contributed by atoms with Gasteiger partial charge in [0.25, 0.3) is 0 Å². The van der Waals surface area contributed by atoms with Crippen molar-refractivity contribution in [1.29, 1.82) is 0 Å². The highest BCUT2D eigenvalue weighted by Gasteiger charge is 2.32. The highest BCUT2D eigenvalue weighted by molar-refractivity contribution is 5.80. The predicted molar refractivity (Wildman–Crippen MR) is 102 cm³/mol. The Hall–Kier alpha value is -2.24. The lowest BCUT2D eigenvalue weighted by Gasteiger charge is -2.24. The van der Waals surface area contributed by atoms with Gasteiger partial charge in [0.2, 0.25) is 0 Å². The maximum Gasteiger partial charge on any atom is 0.326 e. The van der Waals surface area contributed by atoms with E-state index >= 15 is 0 Å². The number of hydrogen-bond acceptors (Lipinski definition) is 6. The summed E-state index contributed by atoms with van der Waals surface area (Å²) in [5.41, 5.74) is 8.48. The van der Waals surface area contributed by atoms with Gasteiger partial charge in [-0.05, 0) is 52.7 Å². The third-order valence-corrected chi connectivity index (χ3v) is 4.29. The lowest BCUT2D eigenvalue weighted by molar-refractivity contribution is -0.153. The number of rotatable bonds is 7. The molecule has 0 bridgehead atoms. The van der Waals surface area contributed by atoms with Crippen LogP contribution in [-0.2, 0) is 19.1 Å². The summed E-state index contributed by atoms with van der Waals surface area (Å²) in [6, 6.07) is 5.77. The Kier molecular flexibility index (Phi) is 6.51. The number of esters is 2. The predicted octanol–water partition coefficient (Wildman–Crippen LogP) is 3.25. The van der Waals surface area contributed by atoms with Crippen LogP contribution in [0.25, 0.3) is 0 Å². The molecule has 0 aliphatic carbocycles. The summed E-state index contributed by atoms with van der Waals surface area (Å²) < 4.78 is 10.4. The normalized spacial score (nSPS) is 16.3. The minimum atomic E-state index is -0.506. The standard InChI is InChI=1S/C20H30N2O4/c1-5-25-17(23)11-6-8-14-12-22(13-18(24)26-20(2,3)4)16-10-7-9-15(21)19(14)16/h7,9-10,14H,5-6,8,11-13,21H2,1-4H3. The highest BCUT2D eigenvalue weighted by atomic mass is 16.6. The minimum Gasteiger partial charge on any atom is -0.466 e. The van der Waals surface area contributed by atoms with Gasteiger partial charge in [0.1, 0.15) is 12.1 Å². The Morgan fingerprint density at radius 2 is 2.00 bits per heavy atom. The molecule has 1 unspecified atom stereocenters. The SMILES string of the molecule is CCOC(=O)CCCC1CN(CC(=O)OC(C)(C)C)c2cccc(N)c21. The lowest BCUT2D eigenvalue weighted by atomic mass is 9.94. The van der Waals surface area contributed by atoms with Crippen molar-refractivity contribution in [2.75, 3.05) is 30.3 Å². The number of ether oxygens (including phenoxy) is 2. The van der Waals surface area contributed by atoms with Crippen LogP contribution in [0.1, 0.15) is 58.4 Å². The molecule has 0 fully saturated rings. The second-order valence-corrected chi connectivity index (χ2v) is 7.64. The molecule has 26 heavy (non-hydrogen) atoms. The molecule has 2 N–H and O–H groups in total. The lowest BCUT2D eigenvalue weighted by Crippen LogP contribution is -2.34. The van der Waals surface area contributed by atoms with E-state index in [-0.39, 0.29) is 24.4 Å². The van der Waals surface area contributed by atoms with Crippen LogP contribution in [0.15, 0.2) is 18.2 Å². The number of fused-ring (bicyclic) bond motifs is 1. The fraction of sp³-hybridized carbons (Fsp3) is 0.600. The summed E-state index contributed by atoms with van der Waals surface area (Å²) in [6.07, 6.45) is 1.96. The molecule has 1 aromatic carbocycles. The number of nitrogen functional groups attached to an aromatic ring is 1. The summed E-state index contributed by atoms with van der Waals surface area (Å²) in [5, 5.41) is 0. The monoisotopic (exact) mass is 362 g/mol. The highest BCUT2D eigenvalue weighted by Crippen LogP contribution is 2.42. The van der Waals surface area contributed by atoms with Crippen LogP contribution >= 0.6 is 0 Å². The van der Waals surface area contributed by atoms with Gasteiger partial charge in [-0.25, -0.2) is 0 Å². The van der Waals surface area contributed by atoms with E-state index in [0.717, 1.165) is 29.8 Å². The molecule has 0 aromatic heterocycles. The van der Waals surface area contributed by atoms with Crippen molar-refractivity contribution >= 4 is 23.3 Å². The molecule has 0 saturated carbocycles. The van der Waals surface area contributed by atoms with E-state index in [2.05, 4.69) is 0 Å². The Balaban J connectivity index is 2.04. The molecular formula is C20H30N2O4. The van der Waals surface area contributed by atoms with Crippen molar-refractivity contribution in [3.05, 3.63) is 23.8 Å². The Labute approximate surface area is 155 Å². The number of nitrogens with zero attached hydrogens (tertiary/aromatic N) is 1. The minimum absolute atomic E-state index is 0.169. The van der Waals surface area contributed by atoms with Crippen molar-refractivity contribution in [2.45, 2.75) is 58.5 Å². The van der Waals surface area contributed by atoms with Crippen LogP contribution in [-0.4, -0.2) is 37.2 Å². The van der Waals surface area contributed by atoms with E-state index in [1.165, 1.54) is 0 Å². The number of benzene rings is 1. The van der Waals surface area contributed by atoms with Gasteiger partial charge in [-0.1, -0.05) is 6.07 Å². The zero-order chi connectivity index (χ0) is 19.3. The summed E-state index contributed by atoms with van der Waals surface area (Å²) in [5.74, 6) is -0.224. The number of carbonyl (C=O) groups excluding carboxylic acids is 2. The number of anilines is 2. The molecule has 144 valence electrons. The zero-order valence-electron chi connectivity index (χ0n) is 16.2. The molecular weight excluding hydrogens is 332 g/mol. The van der Waals surface area contributed by atoms with E-state index in [9.17, 15) is 9.59 Å². The number of nitrogens with two attached hydrogens (primary N) is 1. The Morgan fingerprint density at radius 1 is 1.27 bits per heavy atom. The summed E-state index contributed by atoms with van der Waals surface area (Å²) in [4.78, 5) is 25.8. The van der Waals surface area contributed by atoms with E-state index in [1.54, 1.807) is 6.92 Å². The molecule has 0 amide bonds. The molecule has 1 aliphatic rings. The first-order chi connectivity index (χ1) is 12.2. The van der Waals surface area contributed by atoms with Crippen LogP contribution in [0.3, 0.4) is 0 Å². The largest absolute Gasteiger partial charge is 0.466 e. The summed E-state index contributed by atoms with van der Waals surface area (Å²) in [6.45, 7) is 8.69. The molecule has 0 radical (unpaired) electrons. The first kappa shape index (κ1) is 20.1. The van der Waals surface area contributed by atoms with Gasteiger partial charge in [-0.2, -0.15) is 0 Å². The van der Waals surface area contributed by atoms with Crippen molar-refractivity contribution in [3.63, 3.8) is 0 Å². The molecule has 1 atom stereocenters. The van der Waals surface area contributed by atoms with Crippen LogP contribution in [0.4, 0.5) is 11.4 Å². The molecule has 1 aromatic rings. The molecule has 6 heteroatoms. The topological polar surface area (TPSA) is 81.9 Å². The maximum absolute atomic E-state index is 12.2. The Bertz CT molecular complexity index is 652. The van der Waals surface area contributed by atoms with Gasteiger partial charge in [0, 0.05) is 35.8 Å². The molecule has 0 saturated heterocycles. The second-order valence-electron chi connectivity index (χ2n) is 7.64. The second kappa shape index (κ2) is 8.43. The van der Waals surface area contributed by atoms with Crippen molar-refractivity contribution in [3.8, 4) is 0 Å². The quantitative estimate of drug-likeness (QED) is 0.592. The Morgan fingerprint density at radius 3 is 2.65 bits per heavy atom. The van der Waals surface area contributed by atoms with Gasteiger partial charge in [0.15, 0.2) is 0 Å². The van der Waals surface area contributed by atoms with Gasteiger partial charge < -0.3 is 20.1 Å². The van der Waals surface area contributed by atoms with Gasteiger partial charge >= 0.3 is 11.9 Å². The van der Waals surface area contributed by atoms with Gasteiger partial charge in [0.05, 0.1) is 6.61 Å². The molecule has 1 aliphatic heterocycles. The zero-order valence-corrected chi connectivity index (χ0v) is 16.2.